The summed E-state index contributed by atoms with van der Waals surface area (Å²) < 4.78 is 25.2. The van der Waals surface area contributed by atoms with Gasteiger partial charge in [0.1, 0.15) is 0 Å². The van der Waals surface area contributed by atoms with Crippen molar-refractivity contribution in [2.75, 3.05) is 13.6 Å². The molecule has 0 aromatic heterocycles. The molecule has 0 bridgehead atoms. The third kappa shape index (κ3) is 4.44. The predicted molar refractivity (Wildman–Crippen MR) is 66.2 cm³/mol. The van der Waals surface area contributed by atoms with Gasteiger partial charge in [0.15, 0.2) is 0 Å². The van der Waals surface area contributed by atoms with E-state index in [1.807, 2.05) is 0 Å². The second-order valence-corrected chi connectivity index (χ2v) is 5.48. The van der Waals surface area contributed by atoms with Crippen LogP contribution in [0.15, 0.2) is 29.2 Å². The predicted octanol–water partition coefficient (Wildman–Crippen LogP) is 0.205. The summed E-state index contributed by atoms with van der Waals surface area (Å²) in [4.78, 5) is 15.3. The standard InChI is InChI=1S/C11H16N2O4S/c1-9(14)17-13-8-7-10-3-5-11(6-4-10)18(15,16)12-2/h3-6,12-13H,7-8H2,1-2H3. The number of hydroxylamine groups is 1. The minimum absolute atomic E-state index is 0.224. The lowest BCUT2D eigenvalue weighted by Gasteiger charge is -2.05. The van der Waals surface area contributed by atoms with E-state index in [1.54, 1.807) is 12.1 Å². The van der Waals surface area contributed by atoms with Crippen molar-refractivity contribution in [1.29, 1.82) is 0 Å². The first kappa shape index (κ1) is 14.6. The van der Waals surface area contributed by atoms with E-state index in [2.05, 4.69) is 15.0 Å². The minimum atomic E-state index is -3.39. The average molecular weight is 272 g/mol. The Bertz CT molecular complexity index is 496. The molecule has 7 heteroatoms. The molecule has 2 N–H and O–H groups in total. The second kappa shape index (κ2) is 6.48. The van der Waals surface area contributed by atoms with Gasteiger partial charge in [0.25, 0.3) is 0 Å². The summed E-state index contributed by atoms with van der Waals surface area (Å²) in [7, 11) is -2.02. The van der Waals surface area contributed by atoms with Crippen LogP contribution >= 0.6 is 0 Å². The fourth-order valence-corrected chi connectivity index (χ4v) is 2.03. The summed E-state index contributed by atoms with van der Waals surface area (Å²) in [6.07, 6.45) is 0.632. The van der Waals surface area contributed by atoms with E-state index >= 15 is 0 Å². The van der Waals surface area contributed by atoms with Crippen LogP contribution in [0.2, 0.25) is 0 Å². The van der Waals surface area contributed by atoms with Crippen molar-refractivity contribution < 1.29 is 18.0 Å². The van der Waals surface area contributed by atoms with Crippen molar-refractivity contribution in [2.24, 2.45) is 0 Å². The molecule has 1 rings (SSSR count). The largest absolute Gasteiger partial charge is 0.371 e. The molecule has 1 aromatic rings. The topological polar surface area (TPSA) is 84.5 Å². The van der Waals surface area contributed by atoms with E-state index in [-0.39, 0.29) is 4.90 Å². The van der Waals surface area contributed by atoms with Crippen molar-refractivity contribution in [2.45, 2.75) is 18.2 Å². The van der Waals surface area contributed by atoms with Gasteiger partial charge < -0.3 is 4.84 Å². The first-order valence-electron chi connectivity index (χ1n) is 5.38. The summed E-state index contributed by atoms with van der Waals surface area (Å²) in [5.41, 5.74) is 3.46. The van der Waals surface area contributed by atoms with Gasteiger partial charge in [-0.05, 0) is 31.2 Å². The van der Waals surface area contributed by atoms with E-state index in [0.717, 1.165) is 5.56 Å². The quantitative estimate of drug-likeness (QED) is 0.571. The molecule has 0 atom stereocenters. The Kier molecular flexibility index (Phi) is 5.26. The molecule has 1 aromatic carbocycles. The van der Waals surface area contributed by atoms with Crippen molar-refractivity contribution in [1.82, 2.24) is 10.2 Å². The van der Waals surface area contributed by atoms with Crippen LogP contribution in [0.25, 0.3) is 0 Å². The molecule has 0 heterocycles. The van der Waals surface area contributed by atoms with Crippen LogP contribution in [0.3, 0.4) is 0 Å². The molecule has 18 heavy (non-hydrogen) atoms. The fourth-order valence-electron chi connectivity index (χ4n) is 1.30. The fraction of sp³-hybridized carbons (Fsp3) is 0.364. The monoisotopic (exact) mass is 272 g/mol. The number of carbonyl (C=O) groups excluding carboxylic acids is 1. The molecular weight excluding hydrogens is 256 g/mol. The van der Waals surface area contributed by atoms with Crippen LogP contribution in [-0.4, -0.2) is 28.0 Å². The van der Waals surface area contributed by atoms with Gasteiger partial charge in [-0.2, -0.15) is 5.48 Å². The van der Waals surface area contributed by atoms with Gasteiger partial charge in [0.2, 0.25) is 10.0 Å². The number of benzene rings is 1. The highest BCUT2D eigenvalue weighted by Crippen LogP contribution is 2.10. The van der Waals surface area contributed by atoms with Gasteiger partial charge in [0, 0.05) is 13.5 Å². The van der Waals surface area contributed by atoms with Crippen LogP contribution in [0.4, 0.5) is 0 Å². The zero-order valence-electron chi connectivity index (χ0n) is 10.3. The number of carbonyl (C=O) groups is 1. The smallest absolute Gasteiger partial charge is 0.321 e. The van der Waals surface area contributed by atoms with Crippen LogP contribution in [0, 0.1) is 0 Å². The third-order valence-corrected chi connectivity index (χ3v) is 3.66. The first-order valence-corrected chi connectivity index (χ1v) is 6.87. The highest BCUT2D eigenvalue weighted by Gasteiger charge is 2.10. The van der Waals surface area contributed by atoms with E-state index in [1.165, 1.54) is 26.1 Å². The lowest BCUT2D eigenvalue weighted by atomic mass is 10.2. The molecule has 0 saturated carbocycles. The molecule has 0 radical (unpaired) electrons. The number of hydrogen-bond donors (Lipinski definition) is 2. The Morgan fingerprint density at radius 2 is 1.89 bits per heavy atom. The molecule has 0 aliphatic rings. The van der Waals surface area contributed by atoms with Gasteiger partial charge in [-0.15, -0.1) is 0 Å². The summed E-state index contributed by atoms with van der Waals surface area (Å²) in [6, 6.07) is 6.51. The maximum absolute atomic E-state index is 11.5. The molecular formula is C11H16N2O4S. The van der Waals surface area contributed by atoms with E-state index in [4.69, 9.17) is 0 Å². The Hall–Kier alpha value is -1.44. The molecule has 100 valence electrons. The molecule has 0 amide bonds. The van der Waals surface area contributed by atoms with Crippen LogP contribution in [0.1, 0.15) is 12.5 Å². The Balaban J connectivity index is 2.53. The minimum Gasteiger partial charge on any atom is -0.371 e. The van der Waals surface area contributed by atoms with E-state index < -0.39 is 16.0 Å². The summed E-state index contributed by atoms with van der Waals surface area (Å²) in [5.74, 6) is -0.398. The zero-order valence-corrected chi connectivity index (χ0v) is 11.1. The normalized spacial score (nSPS) is 11.2. The SMILES string of the molecule is CNS(=O)(=O)c1ccc(CCNOC(C)=O)cc1. The molecule has 0 spiro atoms. The lowest BCUT2D eigenvalue weighted by molar-refractivity contribution is -0.148. The van der Waals surface area contributed by atoms with Crippen molar-refractivity contribution in [3.05, 3.63) is 29.8 Å². The number of rotatable bonds is 6. The summed E-state index contributed by atoms with van der Waals surface area (Å²) in [6.45, 7) is 1.78. The van der Waals surface area contributed by atoms with E-state index in [9.17, 15) is 13.2 Å². The Morgan fingerprint density at radius 3 is 2.39 bits per heavy atom. The third-order valence-electron chi connectivity index (χ3n) is 2.23. The second-order valence-electron chi connectivity index (χ2n) is 3.59. The van der Waals surface area contributed by atoms with Crippen molar-refractivity contribution in [3.8, 4) is 0 Å². The van der Waals surface area contributed by atoms with Gasteiger partial charge in [-0.3, -0.25) is 4.79 Å². The highest BCUT2D eigenvalue weighted by atomic mass is 32.2. The number of sulfonamides is 1. The lowest BCUT2D eigenvalue weighted by Crippen LogP contribution is -2.20. The molecule has 0 aliphatic heterocycles. The van der Waals surface area contributed by atoms with Crippen molar-refractivity contribution in [3.63, 3.8) is 0 Å². The first-order chi connectivity index (χ1) is 8.45. The Morgan fingerprint density at radius 1 is 1.28 bits per heavy atom. The molecule has 0 aliphatic carbocycles. The van der Waals surface area contributed by atoms with Gasteiger partial charge in [-0.25, -0.2) is 13.1 Å². The highest BCUT2D eigenvalue weighted by molar-refractivity contribution is 7.89. The van der Waals surface area contributed by atoms with Gasteiger partial charge in [-0.1, -0.05) is 12.1 Å². The molecule has 6 nitrogen and oxygen atoms in total. The number of hydrogen-bond acceptors (Lipinski definition) is 5. The summed E-state index contributed by atoms with van der Waals surface area (Å²) in [5, 5.41) is 0. The van der Waals surface area contributed by atoms with Crippen LogP contribution in [0.5, 0.6) is 0 Å². The molecule has 0 unspecified atom stereocenters. The zero-order chi connectivity index (χ0) is 13.6. The molecule has 0 fully saturated rings. The van der Waals surface area contributed by atoms with Crippen LogP contribution < -0.4 is 10.2 Å². The van der Waals surface area contributed by atoms with Crippen molar-refractivity contribution >= 4 is 16.0 Å². The Labute approximate surface area is 106 Å². The summed E-state index contributed by atoms with van der Waals surface area (Å²) >= 11 is 0. The van der Waals surface area contributed by atoms with Gasteiger partial charge in [0.05, 0.1) is 4.90 Å². The maximum atomic E-state index is 11.5. The van der Waals surface area contributed by atoms with E-state index in [0.29, 0.717) is 13.0 Å². The van der Waals surface area contributed by atoms with Crippen LogP contribution in [-0.2, 0) is 26.1 Å². The number of nitrogens with one attached hydrogen (secondary N) is 2. The average Bonchev–Trinajstić information content (AvgIpc) is 2.35. The van der Waals surface area contributed by atoms with Gasteiger partial charge >= 0.3 is 5.97 Å². The molecule has 0 saturated heterocycles. The maximum Gasteiger partial charge on any atom is 0.321 e.